The smallest absolute Gasteiger partial charge is 0.252 e. The number of piperidine rings is 2. The molecule has 144 valence electrons. The molecular weight excluding hydrogens is 370 g/mol. The Morgan fingerprint density at radius 2 is 1.96 bits per heavy atom. The van der Waals surface area contributed by atoms with Gasteiger partial charge in [0.05, 0.1) is 5.92 Å². The molecule has 2 N–H and O–H groups in total. The van der Waals surface area contributed by atoms with Crippen LogP contribution in [0.25, 0.3) is 0 Å². The fourth-order valence-electron chi connectivity index (χ4n) is 4.55. The number of sulfonamides is 1. The summed E-state index contributed by atoms with van der Waals surface area (Å²) in [6.45, 7) is 2.70. The van der Waals surface area contributed by atoms with Crippen molar-refractivity contribution in [1.29, 1.82) is 0 Å². The van der Waals surface area contributed by atoms with E-state index in [9.17, 15) is 13.2 Å². The monoisotopic (exact) mass is 397 g/mol. The molecule has 3 aliphatic rings. The van der Waals surface area contributed by atoms with Crippen LogP contribution in [0, 0.1) is 12.8 Å². The highest BCUT2D eigenvalue weighted by molar-refractivity contribution is 7.91. The minimum atomic E-state index is -3.49. The van der Waals surface area contributed by atoms with Gasteiger partial charge in [0.2, 0.25) is 5.91 Å². The number of fused-ring (bicyclic) bond motifs is 2. The number of thiophene rings is 1. The Balaban J connectivity index is 1.39. The number of carbonyl (C=O) groups excluding carboxylic acids is 1. The number of hydrogen-bond donors (Lipinski definition) is 2. The second-order valence-electron chi connectivity index (χ2n) is 7.88. The zero-order chi connectivity index (χ0) is 18.3. The molecule has 3 aliphatic heterocycles. The molecule has 1 aromatic heterocycles. The molecular formula is C18H27N3O3S2. The van der Waals surface area contributed by atoms with Crippen LogP contribution in [-0.4, -0.2) is 49.8 Å². The van der Waals surface area contributed by atoms with E-state index < -0.39 is 10.0 Å². The molecule has 26 heavy (non-hydrogen) atoms. The second kappa shape index (κ2) is 7.22. The van der Waals surface area contributed by atoms with E-state index in [0.717, 1.165) is 30.6 Å². The van der Waals surface area contributed by atoms with Crippen LogP contribution in [0.3, 0.4) is 0 Å². The van der Waals surface area contributed by atoms with Gasteiger partial charge in [0.25, 0.3) is 10.0 Å². The minimum Gasteiger partial charge on any atom is -0.353 e. The lowest BCUT2D eigenvalue weighted by Gasteiger charge is -2.34. The summed E-state index contributed by atoms with van der Waals surface area (Å²) < 4.78 is 27.6. The van der Waals surface area contributed by atoms with E-state index >= 15 is 0 Å². The standard InChI is InChI=1S/C18H27N3O3S2/c1-12-4-7-17(25-12)26(23,24)21-8-2-3-13(11-21)18(22)20-16-9-14-5-6-15(10-16)19-14/h4,7,13-16,19H,2-3,5-6,8-11H2,1H3,(H,20,22). The van der Waals surface area contributed by atoms with Gasteiger partial charge in [-0.25, -0.2) is 8.42 Å². The van der Waals surface area contributed by atoms with Gasteiger partial charge in [-0.1, -0.05) is 0 Å². The molecule has 6 nitrogen and oxygen atoms in total. The number of amides is 1. The van der Waals surface area contributed by atoms with Gasteiger partial charge in [-0.15, -0.1) is 11.3 Å². The lowest BCUT2D eigenvalue weighted by molar-refractivity contribution is -0.127. The fraction of sp³-hybridized carbons (Fsp3) is 0.722. The Hall–Kier alpha value is -0.960. The first-order valence-corrected chi connectivity index (χ1v) is 11.8. The third kappa shape index (κ3) is 3.69. The summed E-state index contributed by atoms with van der Waals surface area (Å²) in [6, 6.07) is 4.79. The van der Waals surface area contributed by atoms with E-state index in [4.69, 9.17) is 0 Å². The average Bonchev–Trinajstić information content (AvgIpc) is 3.21. The van der Waals surface area contributed by atoms with Crippen LogP contribution >= 0.6 is 11.3 Å². The summed E-state index contributed by atoms with van der Waals surface area (Å²) in [6.07, 6.45) is 5.88. The normalized spacial score (nSPS) is 32.5. The Labute approximate surface area is 159 Å². The molecule has 0 radical (unpaired) electrons. The highest BCUT2D eigenvalue weighted by atomic mass is 32.2. The van der Waals surface area contributed by atoms with E-state index in [1.807, 2.05) is 13.0 Å². The van der Waals surface area contributed by atoms with Crippen LogP contribution in [0.1, 0.15) is 43.4 Å². The van der Waals surface area contributed by atoms with Gasteiger partial charge in [-0.2, -0.15) is 4.31 Å². The van der Waals surface area contributed by atoms with E-state index in [-0.39, 0.29) is 17.9 Å². The SMILES string of the molecule is Cc1ccc(S(=O)(=O)N2CCCC(C(=O)NC3CC4CCC(C3)N4)C2)s1. The van der Waals surface area contributed by atoms with Gasteiger partial charge < -0.3 is 10.6 Å². The van der Waals surface area contributed by atoms with Gasteiger partial charge in [-0.3, -0.25) is 4.79 Å². The van der Waals surface area contributed by atoms with Gasteiger partial charge >= 0.3 is 0 Å². The van der Waals surface area contributed by atoms with Crippen LogP contribution in [-0.2, 0) is 14.8 Å². The van der Waals surface area contributed by atoms with E-state index in [2.05, 4.69) is 10.6 Å². The van der Waals surface area contributed by atoms with Crippen LogP contribution in [0.2, 0.25) is 0 Å². The van der Waals surface area contributed by atoms with Crippen molar-refractivity contribution in [2.75, 3.05) is 13.1 Å². The molecule has 8 heteroatoms. The number of nitrogens with one attached hydrogen (secondary N) is 2. The molecule has 0 saturated carbocycles. The Morgan fingerprint density at radius 3 is 2.62 bits per heavy atom. The first kappa shape index (κ1) is 18.4. The van der Waals surface area contributed by atoms with Crippen LogP contribution in [0.5, 0.6) is 0 Å². The second-order valence-corrected chi connectivity index (χ2v) is 11.3. The van der Waals surface area contributed by atoms with Gasteiger partial charge in [0, 0.05) is 36.1 Å². The minimum absolute atomic E-state index is 0.0264. The Bertz CT molecular complexity index is 764. The van der Waals surface area contributed by atoms with Gasteiger partial charge in [0.1, 0.15) is 4.21 Å². The zero-order valence-electron chi connectivity index (χ0n) is 15.1. The Morgan fingerprint density at radius 1 is 1.23 bits per heavy atom. The molecule has 4 rings (SSSR count). The molecule has 3 fully saturated rings. The number of hydrogen-bond acceptors (Lipinski definition) is 5. The van der Waals surface area contributed by atoms with Crippen molar-refractivity contribution in [3.8, 4) is 0 Å². The number of aryl methyl sites for hydroxylation is 1. The van der Waals surface area contributed by atoms with Crippen LogP contribution in [0.4, 0.5) is 0 Å². The molecule has 3 unspecified atom stereocenters. The van der Waals surface area contributed by atoms with Crippen molar-refractivity contribution < 1.29 is 13.2 Å². The number of rotatable bonds is 4. The van der Waals surface area contributed by atoms with Crippen molar-refractivity contribution in [3.63, 3.8) is 0 Å². The predicted molar refractivity (Wildman–Crippen MR) is 102 cm³/mol. The third-order valence-corrected chi connectivity index (χ3v) is 9.22. The summed E-state index contributed by atoms with van der Waals surface area (Å²) in [5.74, 6) is -0.217. The molecule has 3 atom stereocenters. The van der Waals surface area contributed by atoms with Crippen molar-refractivity contribution in [2.24, 2.45) is 5.92 Å². The Kier molecular flexibility index (Phi) is 5.11. The van der Waals surface area contributed by atoms with Crippen LogP contribution < -0.4 is 10.6 Å². The number of carbonyl (C=O) groups is 1. The maximum atomic E-state index is 12.8. The van der Waals surface area contributed by atoms with E-state index in [0.29, 0.717) is 29.4 Å². The predicted octanol–water partition coefficient (Wildman–Crippen LogP) is 1.86. The maximum Gasteiger partial charge on any atom is 0.252 e. The topological polar surface area (TPSA) is 78.5 Å². The van der Waals surface area contributed by atoms with Crippen molar-refractivity contribution in [3.05, 3.63) is 17.0 Å². The molecule has 0 spiro atoms. The third-order valence-electron chi connectivity index (χ3n) is 5.88. The molecule has 3 saturated heterocycles. The quantitative estimate of drug-likeness (QED) is 0.813. The van der Waals surface area contributed by atoms with Crippen LogP contribution in [0.15, 0.2) is 16.3 Å². The lowest BCUT2D eigenvalue weighted by atomic mass is 9.95. The molecule has 1 amide bonds. The zero-order valence-corrected chi connectivity index (χ0v) is 16.7. The molecule has 2 bridgehead atoms. The van der Waals surface area contributed by atoms with Crippen molar-refractivity contribution in [1.82, 2.24) is 14.9 Å². The maximum absolute atomic E-state index is 12.8. The molecule has 0 aromatic carbocycles. The highest BCUT2D eigenvalue weighted by Crippen LogP contribution is 2.30. The highest BCUT2D eigenvalue weighted by Gasteiger charge is 2.37. The molecule has 0 aliphatic carbocycles. The van der Waals surface area contributed by atoms with E-state index in [1.165, 1.54) is 28.5 Å². The first-order valence-electron chi connectivity index (χ1n) is 9.55. The fourth-order valence-corrected chi connectivity index (χ4v) is 7.51. The molecule has 1 aromatic rings. The number of nitrogens with zero attached hydrogens (tertiary/aromatic N) is 1. The van der Waals surface area contributed by atoms with Gasteiger partial charge in [0.15, 0.2) is 0 Å². The largest absolute Gasteiger partial charge is 0.353 e. The van der Waals surface area contributed by atoms with Crippen molar-refractivity contribution >= 4 is 27.3 Å². The summed E-state index contributed by atoms with van der Waals surface area (Å²) in [4.78, 5) is 13.7. The van der Waals surface area contributed by atoms with E-state index in [1.54, 1.807) is 6.07 Å². The summed E-state index contributed by atoms with van der Waals surface area (Å²) in [5, 5.41) is 6.79. The summed E-state index contributed by atoms with van der Waals surface area (Å²) in [7, 11) is -3.49. The lowest BCUT2D eigenvalue weighted by Crippen LogP contribution is -2.51. The average molecular weight is 398 g/mol. The molecule has 4 heterocycles. The summed E-state index contributed by atoms with van der Waals surface area (Å²) >= 11 is 1.30. The summed E-state index contributed by atoms with van der Waals surface area (Å²) in [5.41, 5.74) is 0. The van der Waals surface area contributed by atoms with Crippen molar-refractivity contribution in [2.45, 2.75) is 67.8 Å². The first-order chi connectivity index (χ1) is 12.4. The van der Waals surface area contributed by atoms with Gasteiger partial charge in [-0.05, 0) is 57.6 Å².